The molecule has 0 atom stereocenters. The first kappa shape index (κ1) is 13.1. The van der Waals surface area contributed by atoms with Gasteiger partial charge in [-0.25, -0.2) is 4.98 Å². The predicted octanol–water partition coefficient (Wildman–Crippen LogP) is 2.87. The molecule has 0 aliphatic heterocycles. The third-order valence-corrected chi connectivity index (χ3v) is 3.53. The molecule has 104 valence electrons. The Bertz CT molecular complexity index is 581. The molecular weight excluding hydrogens is 250 g/mol. The molecule has 1 aromatic carbocycles. The highest BCUT2D eigenvalue weighted by Crippen LogP contribution is 2.28. The molecule has 3 rings (SSSR count). The van der Waals surface area contributed by atoms with Crippen molar-refractivity contribution < 1.29 is 4.74 Å². The third kappa shape index (κ3) is 2.96. The minimum absolute atomic E-state index is 0.545. The first-order valence-corrected chi connectivity index (χ1v) is 7.16. The summed E-state index contributed by atoms with van der Waals surface area (Å²) in [4.78, 5) is 8.63. The standard InChI is InChI=1S/C16H19N3O/c1-2-17-9-14-10-19-16(11-18-14)20-15-7-6-12-4-3-5-13(12)8-15/h6-8,10-11,17H,2-5,9H2,1H3. The highest BCUT2D eigenvalue weighted by molar-refractivity contribution is 5.39. The zero-order chi connectivity index (χ0) is 13.8. The van der Waals surface area contributed by atoms with E-state index in [2.05, 4.69) is 34.3 Å². The van der Waals surface area contributed by atoms with E-state index in [1.165, 1.54) is 24.0 Å². The Kier molecular flexibility index (Phi) is 3.92. The van der Waals surface area contributed by atoms with Crippen molar-refractivity contribution in [1.82, 2.24) is 15.3 Å². The van der Waals surface area contributed by atoms with E-state index in [4.69, 9.17) is 4.74 Å². The van der Waals surface area contributed by atoms with Crippen molar-refractivity contribution in [3.8, 4) is 11.6 Å². The van der Waals surface area contributed by atoms with Crippen LogP contribution in [-0.2, 0) is 19.4 Å². The van der Waals surface area contributed by atoms with Gasteiger partial charge in [0.05, 0.1) is 18.1 Å². The summed E-state index contributed by atoms with van der Waals surface area (Å²) in [7, 11) is 0. The predicted molar refractivity (Wildman–Crippen MR) is 78.0 cm³/mol. The van der Waals surface area contributed by atoms with E-state index in [1.807, 2.05) is 6.07 Å². The topological polar surface area (TPSA) is 47.0 Å². The normalized spacial score (nSPS) is 13.2. The molecule has 1 N–H and O–H groups in total. The summed E-state index contributed by atoms with van der Waals surface area (Å²) in [5, 5.41) is 3.22. The summed E-state index contributed by atoms with van der Waals surface area (Å²) in [5.41, 5.74) is 3.77. The molecule has 1 heterocycles. The van der Waals surface area contributed by atoms with Gasteiger partial charge in [-0.1, -0.05) is 13.0 Å². The van der Waals surface area contributed by atoms with Crippen molar-refractivity contribution in [2.24, 2.45) is 0 Å². The van der Waals surface area contributed by atoms with Crippen molar-refractivity contribution in [2.45, 2.75) is 32.7 Å². The van der Waals surface area contributed by atoms with Gasteiger partial charge in [0.1, 0.15) is 5.75 Å². The van der Waals surface area contributed by atoms with Crippen LogP contribution >= 0.6 is 0 Å². The maximum atomic E-state index is 5.77. The second kappa shape index (κ2) is 6.01. The Morgan fingerprint density at radius 2 is 2.05 bits per heavy atom. The number of benzene rings is 1. The number of nitrogens with zero attached hydrogens (tertiary/aromatic N) is 2. The second-order valence-electron chi connectivity index (χ2n) is 5.01. The Morgan fingerprint density at radius 1 is 1.15 bits per heavy atom. The van der Waals surface area contributed by atoms with Crippen molar-refractivity contribution in [3.63, 3.8) is 0 Å². The Balaban J connectivity index is 1.68. The molecule has 0 bridgehead atoms. The molecule has 1 aliphatic carbocycles. The second-order valence-corrected chi connectivity index (χ2v) is 5.01. The van der Waals surface area contributed by atoms with E-state index in [-0.39, 0.29) is 0 Å². The fraction of sp³-hybridized carbons (Fsp3) is 0.375. The molecule has 0 saturated carbocycles. The van der Waals surface area contributed by atoms with Crippen LogP contribution in [0.25, 0.3) is 0 Å². The molecule has 0 spiro atoms. The van der Waals surface area contributed by atoms with Gasteiger partial charge in [-0.05, 0) is 49.1 Å². The molecule has 0 saturated heterocycles. The molecule has 1 aromatic heterocycles. The highest BCUT2D eigenvalue weighted by Gasteiger charge is 2.11. The van der Waals surface area contributed by atoms with Gasteiger partial charge in [-0.2, -0.15) is 0 Å². The minimum atomic E-state index is 0.545. The van der Waals surface area contributed by atoms with Crippen LogP contribution in [0.5, 0.6) is 11.6 Å². The molecule has 0 fully saturated rings. The molecule has 2 aromatic rings. The summed E-state index contributed by atoms with van der Waals surface area (Å²) >= 11 is 0. The minimum Gasteiger partial charge on any atom is -0.437 e. The van der Waals surface area contributed by atoms with E-state index >= 15 is 0 Å². The number of ether oxygens (including phenoxy) is 1. The van der Waals surface area contributed by atoms with Crippen LogP contribution in [0, 0.1) is 0 Å². The Hall–Kier alpha value is -1.94. The first-order valence-electron chi connectivity index (χ1n) is 7.16. The molecule has 1 aliphatic rings. The summed E-state index contributed by atoms with van der Waals surface area (Å²) < 4.78 is 5.77. The van der Waals surface area contributed by atoms with E-state index in [1.54, 1.807) is 12.4 Å². The largest absolute Gasteiger partial charge is 0.437 e. The number of fused-ring (bicyclic) bond motifs is 1. The molecule has 4 nitrogen and oxygen atoms in total. The number of rotatable bonds is 5. The van der Waals surface area contributed by atoms with Gasteiger partial charge in [-0.3, -0.25) is 4.98 Å². The lowest BCUT2D eigenvalue weighted by Gasteiger charge is -2.07. The van der Waals surface area contributed by atoms with Crippen LogP contribution in [0.2, 0.25) is 0 Å². The Morgan fingerprint density at radius 3 is 2.85 bits per heavy atom. The zero-order valence-electron chi connectivity index (χ0n) is 11.7. The number of nitrogens with one attached hydrogen (secondary N) is 1. The number of hydrogen-bond donors (Lipinski definition) is 1. The molecule has 4 heteroatoms. The molecule has 0 unspecified atom stereocenters. The van der Waals surface area contributed by atoms with Gasteiger partial charge in [0.2, 0.25) is 5.88 Å². The van der Waals surface area contributed by atoms with Crippen LogP contribution in [0.15, 0.2) is 30.6 Å². The number of aryl methyl sites for hydroxylation is 2. The zero-order valence-corrected chi connectivity index (χ0v) is 11.7. The van der Waals surface area contributed by atoms with Crippen LogP contribution in [0.4, 0.5) is 0 Å². The smallest absolute Gasteiger partial charge is 0.237 e. The van der Waals surface area contributed by atoms with Crippen molar-refractivity contribution >= 4 is 0 Å². The summed E-state index contributed by atoms with van der Waals surface area (Å²) in [6, 6.07) is 6.29. The Labute approximate surface area is 119 Å². The SMILES string of the molecule is CCNCc1cnc(Oc2ccc3c(c2)CCC3)cn1. The first-order chi connectivity index (χ1) is 9.85. The maximum Gasteiger partial charge on any atom is 0.237 e. The van der Waals surface area contributed by atoms with Gasteiger partial charge < -0.3 is 10.1 Å². The maximum absolute atomic E-state index is 5.77. The highest BCUT2D eigenvalue weighted by atomic mass is 16.5. The summed E-state index contributed by atoms with van der Waals surface area (Å²) in [5.74, 6) is 1.39. The van der Waals surface area contributed by atoms with E-state index in [0.29, 0.717) is 5.88 Å². The van der Waals surface area contributed by atoms with Gasteiger partial charge in [0, 0.05) is 6.54 Å². The van der Waals surface area contributed by atoms with Crippen LogP contribution in [-0.4, -0.2) is 16.5 Å². The average Bonchev–Trinajstić information content (AvgIpc) is 2.94. The monoisotopic (exact) mass is 269 g/mol. The molecular formula is C16H19N3O. The van der Waals surface area contributed by atoms with E-state index in [0.717, 1.165) is 31.0 Å². The van der Waals surface area contributed by atoms with Crippen LogP contribution < -0.4 is 10.1 Å². The van der Waals surface area contributed by atoms with Gasteiger partial charge >= 0.3 is 0 Å². The summed E-state index contributed by atoms with van der Waals surface area (Å²) in [6.45, 7) is 3.73. The van der Waals surface area contributed by atoms with Gasteiger partial charge in [0.15, 0.2) is 0 Å². The summed E-state index contributed by atoms with van der Waals surface area (Å²) in [6.07, 6.45) is 7.03. The number of hydrogen-bond acceptors (Lipinski definition) is 4. The quantitative estimate of drug-likeness (QED) is 0.906. The lowest BCUT2D eigenvalue weighted by atomic mass is 10.1. The molecule has 0 radical (unpaired) electrons. The lowest BCUT2D eigenvalue weighted by molar-refractivity contribution is 0.458. The lowest BCUT2D eigenvalue weighted by Crippen LogP contribution is -2.13. The van der Waals surface area contributed by atoms with Crippen molar-refractivity contribution in [3.05, 3.63) is 47.4 Å². The van der Waals surface area contributed by atoms with Crippen molar-refractivity contribution in [1.29, 1.82) is 0 Å². The third-order valence-electron chi connectivity index (χ3n) is 3.53. The van der Waals surface area contributed by atoms with E-state index in [9.17, 15) is 0 Å². The average molecular weight is 269 g/mol. The van der Waals surface area contributed by atoms with Crippen molar-refractivity contribution in [2.75, 3.05) is 6.54 Å². The fourth-order valence-electron chi connectivity index (χ4n) is 2.47. The van der Waals surface area contributed by atoms with E-state index < -0.39 is 0 Å². The number of aromatic nitrogens is 2. The molecule has 20 heavy (non-hydrogen) atoms. The van der Waals surface area contributed by atoms with Gasteiger partial charge in [-0.15, -0.1) is 0 Å². The molecule has 0 amide bonds. The van der Waals surface area contributed by atoms with Gasteiger partial charge in [0.25, 0.3) is 0 Å². The van der Waals surface area contributed by atoms with Crippen LogP contribution in [0.3, 0.4) is 0 Å². The fourth-order valence-corrected chi connectivity index (χ4v) is 2.47. The van der Waals surface area contributed by atoms with Crippen LogP contribution in [0.1, 0.15) is 30.2 Å².